The van der Waals surface area contributed by atoms with Crippen LogP contribution in [0.1, 0.15) is 25.3 Å². The van der Waals surface area contributed by atoms with Crippen LogP contribution in [-0.4, -0.2) is 46.1 Å². The zero-order chi connectivity index (χ0) is 18.3. The molecule has 0 aliphatic heterocycles. The van der Waals surface area contributed by atoms with Crippen LogP contribution in [-0.2, 0) is 25.6 Å². The highest BCUT2D eigenvalue weighted by Gasteiger charge is 2.31. The molecule has 0 spiro atoms. The Morgan fingerprint density at radius 1 is 1.25 bits per heavy atom. The summed E-state index contributed by atoms with van der Waals surface area (Å²) in [4.78, 5) is 46.8. The van der Waals surface area contributed by atoms with E-state index in [1.165, 1.54) is 12.1 Å². The number of benzene rings is 1. The van der Waals surface area contributed by atoms with Crippen molar-refractivity contribution in [1.82, 2.24) is 4.90 Å². The minimum atomic E-state index is -1.21. The molecule has 1 radical (unpaired) electrons. The van der Waals surface area contributed by atoms with Crippen molar-refractivity contribution in [3.63, 3.8) is 0 Å². The molecule has 0 fully saturated rings. The number of carbonyl (C=O) groups excluding carboxylic acids is 4. The molecule has 24 heavy (non-hydrogen) atoms. The first-order valence-electron chi connectivity index (χ1n) is 7.29. The summed E-state index contributed by atoms with van der Waals surface area (Å²) in [7, 11) is 0. The van der Waals surface area contributed by atoms with Crippen molar-refractivity contribution >= 4 is 24.0 Å². The number of rotatable bonds is 8. The van der Waals surface area contributed by atoms with Crippen molar-refractivity contribution in [2.45, 2.75) is 38.3 Å². The number of carbonyl (C=O) groups is 3. The number of hydrogen-bond acceptors (Lipinski definition) is 6. The van der Waals surface area contributed by atoms with E-state index >= 15 is 0 Å². The van der Waals surface area contributed by atoms with Gasteiger partial charge in [0.25, 0.3) is 0 Å². The molecule has 129 valence electrons. The van der Waals surface area contributed by atoms with E-state index in [0.717, 1.165) is 6.92 Å². The van der Waals surface area contributed by atoms with Gasteiger partial charge in [-0.25, -0.2) is 0 Å². The van der Waals surface area contributed by atoms with Gasteiger partial charge in [0.1, 0.15) is 11.8 Å². The van der Waals surface area contributed by atoms with E-state index in [1.807, 2.05) is 0 Å². The molecule has 0 bridgehead atoms. The summed E-state index contributed by atoms with van der Waals surface area (Å²) in [5.41, 5.74) is 11.5. The molecule has 0 heterocycles. The summed E-state index contributed by atoms with van der Waals surface area (Å²) in [5.74, 6) is -1.99. The van der Waals surface area contributed by atoms with Crippen LogP contribution in [0.2, 0.25) is 0 Å². The zero-order valence-corrected chi connectivity index (χ0v) is 13.3. The molecule has 0 saturated heterocycles. The van der Waals surface area contributed by atoms with Gasteiger partial charge in [-0.3, -0.25) is 24.1 Å². The second-order valence-electron chi connectivity index (χ2n) is 5.34. The zero-order valence-electron chi connectivity index (χ0n) is 13.3. The van der Waals surface area contributed by atoms with E-state index in [1.54, 1.807) is 18.4 Å². The Morgan fingerprint density at radius 2 is 1.83 bits per heavy atom. The van der Waals surface area contributed by atoms with E-state index < -0.39 is 29.8 Å². The second kappa shape index (κ2) is 8.78. The first kappa shape index (κ1) is 19.3. The first-order chi connectivity index (χ1) is 11.3. The molecule has 0 unspecified atom stereocenters. The van der Waals surface area contributed by atoms with Gasteiger partial charge in [-0.05, 0) is 30.5 Å². The normalized spacial score (nSPS) is 12.9. The van der Waals surface area contributed by atoms with Crippen LogP contribution in [0, 0.1) is 0 Å². The van der Waals surface area contributed by atoms with Crippen LogP contribution in [0.3, 0.4) is 0 Å². The molecule has 0 aliphatic carbocycles. The lowest BCUT2D eigenvalue weighted by Gasteiger charge is -2.27. The molecular weight excluding hydrogens is 314 g/mol. The highest BCUT2D eigenvalue weighted by atomic mass is 16.3. The lowest BCUT2D eigenvalue weighted by atomic mass is 10.0. The maximum Gasteiger partial charge on any atom is 0.247 e. The molecule has 1 aromatic rings. The third kappa shape index (κ3) is 5.47. The fourth-order valence-corrected chi connectivity index (χ4v) is 2.20. The Kier molecular flexibility index (Phi) is 7.06. The van der Waals surface area contributed by atoms with E-state index in [-0.39, 0.29) is 25.0 Å². The van der Waals surface area contributed by atoms with Gasteiger partial charge >= 0.3 is 0 Å². The van der Waals surface area contributed by atoms with E-state index in [2.05, 4.69) is 0 Å². The highest BCUT2D eigenvalue weighted by Crippen LogP contribution is 2.13. The van der Waals surface area contributed by atoms with E-state index in [4.69, 9.17) is 11.5 Å². The van der Waals surface area contributed by atoms with Gasteiger partial charge in [0, 0.05) is 13.3 Å². The summed E-state index contributed by atoms with van der Waals surface area (Å²) in [6, 6.07) is 3.80. The third-order valence-corrected chi connectivity index (χ3v) is 3.40. The number of hydrogen-bond donors (Lipinski definition) is 3. The van der Waals surface area contributed by atoms with Gasteiger partial charge in [-0.2, -0.15) is 0 Å². The Labute approximate surface area is 139 Å². The van der Waals surface area contributed by atoms with Crippen molar-refractivity contribution in [2.75, 3.05) is 0 Å². The van der Waals surface area contributed by atoms with Crippen molar-refractivity contribution in [3.8, 4) is 5.75 Å². The van der Waals surface area contributed by atoms with Crippen LogP contribution < -0.4 is 11.5 Å². The van der Waals surface area contributed by atoms with Gasteiger partial charge in [0.15, 0.2) is 0 Å². The fourth-order valence-electron chi connectivity index (χ4n) is 2.20. The number of amides is 3. The number of nitrogens with zero attached hydrogens (tertiary/aromatic N) is 1. The smallest absolute Gasteiger partial charge is 0.247 e. The van der Waals surface area contributed by atoms with Crippen molar-refractivity contribution in [1.29, 1.82) is 0 Å². The van der Waals surface area contributed by atoms with E-state index in [0.29, 0.717) is 10.5 Å². The second-order valence-corrected chi connectivity index (χ2v) is 5.34. The minimum Gasteiger partial charge on any atom is -0.508 e. The largest absolute Gasteiger partial charge is 0.508 e. The molecule has 0 aliphatic rings. The number of aromatic hydroxyl groups is 1. The summed E-state index contributed by atoms with van der Waals surface area (Å²) in [5, 5.41) is 9.24. The Morgan fingerprint density at radius 3 is 2.29 bits per heavy atom. The fraction of sp³-hybridized carbons (Fsp3) is 0.375. The topological polar surface area (TPSA) is 144 Å². The molecule has 0 saturated carbocycles. The maximum absolute atomic E-state index is 12.4. The molecule has 1 aromatic carbocycles. The van der Waals surface area contributed by atoms with Gasteiger partial charge in [0.05, 0.1) is 6.04 Å². The summed E-state index contributed by atoms with van der Waals surface area (Å²) in [6.45, 7) is 1.12. The third-order valence-electron chi connectivity index (χ3n) is 3.40. The number of nitrogens with two attached hydrogens (primary N) is 2. The Bertz CT molecular complexity index is 615. The molecule has 1 rings (SSSR count). The number of phenolic OH excluding ortho intramolecular Hbond substituents is 1. The van der Waals surface area contributed by atoms with Crippen molar-refractivity contribution in [3.05, 3.63) is 29.8 Å². The number of imide groups is 1. The van der Waals surface area contributed by atoms with Crippen LogP contribution in [0.4, 0.5) is 0 Å². The lowest BCUT2D eigenvalue weighted by molar-refractivity contribution is -0.146. The van der Waals surface area contributed by atoms with Crippen molar-refractivity contribution in [2.24, 2.45) is 11.5 Å². The van der Waals surface area contributed by atoms with Crippen molar-refractivity contribution < 1.29 is 24.3 Å². The van der Waals surface area contributed by atoms with Gasteiger partial charge in [-0.15, -0.1) is 0 Å². The molecule has 0 aromatic heterocycles. The predicted octanol–water partition coefficient (Wildman–Crippen LogP) is -0.619. The summed E-state index contributed by atoms with van der Waals surface area (Å²) >= 11 is 0. The molecule has 8 heteroatoms. The first-order valence-corrected chi connectivity index (χ1v) is 7.29. The minimum absolute atomic E-state index is 0.0751. The highest BCUT2D eigenvalue weighted by molar-refractivity contribution is 5.99. The average Bonchev–Trinajstić information content (AvgIpc) is 2.52. The van der Waals surface area contributed by atoms with Crippen LogP contribution in [0.15, 0.2) is 24.3 Å². The summed E-state index contributed by atoms with van der Waals surface area (Å²) < 4.78 is 0. The predicted molar refractivity (Wildman–Crippen MR) is 85.2 cm³/mol. The molecule has 8 nitrogen and oxygen atoms in total. The van der Waals surface area contributed by atoms with Gasteiger partial charge in [0.2, 0.25) is 24.0 Å². The standard InChI is InChI=1S/C16H20N3O5/c1-10(21)19(12(9-20)4-7-15(18)23)16(24)14(17)8-11-2-5-13(22)6-3-11/h2-3,5-6,12,14,22H,4,7-8,17H2,1H3,(H2,18,23)/t12-,14-/m0/s1. The quantitative estimate of drug-likeness (QED) is 0.578. The van der Waals surface area contributed by atoms with Crippen LogP contribution >= 0.6 is 0 Å². The van der Waals surface area contributed by atoms with Crippen LogP contribution in [0.25, 0.3) is 0 Å². The average molecular weight is 334 g/mol. The number of primary amides is 1. The molecular formula is C16H20N3O5. The monoisotopic (exact) mass is 334 g/mol. The maximum atomic E-state index is 12.4. The molecule has 2 atom stereocenters. The Balaban J connectivity index is 2.87. The van der Waals surface area contributed by atoms with Gasteiger partial charge in [-0.1, -0.05) is 12.1 Å². The molecule has 3 amide bonds. The number of phenols is 1. The summed E-state index contributed by atoms with van der Waals surface area (Å²) in [6.07, 6.45) is 1.44. The molecule has 5 N–H and O–H groups in total. The van der Waals surface area contributed by atoms with Crippen LogP contribution in [0.5, 0.6) is 5.75 Å². The lowest BCUT2D eigenvalue weighted by Crippen LogP contribution is -2.52. The van der Waals surface area contributed by atoms with E-state index in [9.17, 15) is 24.3 Å². The SMILES string of the molecule is CC(=O)N(C(=O)[C@@H](N)Cc1ccc(O)cc1)[C@H]([C]=O)CCC(N)=O. The Hall–Kier alpha value is -2.74. The van der Waals surface area contributed by atoms with Gasteiger partial charge < -0.3 is 16.6 Å².